The molecule has 1 saturated heterocycles. The first kappa shape index (κ1) is 15.8. The molecule has 1 N–H and O–H groups in total. The summed E-state index contributed by atoms with van der Waals surface area (Å²) in [5.74, 6) is -1.19. The lowest BCUT2D eigenvalue weighted by atomic mass is 9.83. The average molecular weight is 280 g/mol. The van der Waals surface area contributed by atoms with Crippen LogP contribution in [-0.4, -0.2) is 41.5 Å². The Morgan fingerprint density at radius 1 is 1.21 bits per heavy atom. The first-order valence-corrected chi connectivity index (χ1v) is 6.15. The number of nitrogens with one attached hydrogen (secondary N) is 1. The number of hydrogen-bond donors (Lipinski definition) is 1. The maximum Gasteiger partial charge on any atom is 0.406 e. The molecular formula is C12H19F3N2O2. The fourth-order valence-corrected chi connectivity index (χ4v) is 2.28. The highest BCUT2D eigenvalue weighted by Crippen LogP contribution is 2.30. The number of nitrogens with zero attached hydrogens (tertiary/aromatic N) is 1. The molecule has 0 radical (unpaired) electrons. The van der Waals surface area contributed by atoms with Gasteiger partial charge in [-0.25, -0.2) is 0 Å². The van der Waals surface area contributed by atoms with Crippen molar-refractivity contribution in [3.8, 4) is 0 Å². The van der Waals surface area contributed by atoms with Crippen molar-refractivity contribution in [2.45, 2.75) is 52.4 Å². The lowest BCUT2D eigenvalue weighted by Gasteiger charge is -2.44. The first-order valence-electron chi connectivity index (χ1n) is 6.15. The van der Waals surface area contributed by atoms with Crippen LogP contribution in [0.1, 0.15) is 34.1 Å². The minimum Gasteiger partial charge on any atom is -0.342 e. The number of rotatable bonds is 2. The molecule has 4 nitrogen and oxygen atoms in total. The van der Waals surface area contributed by atoms with E-state index in [0.717, 1.165) is 0 Å². The van der Waals surface area contributed by atoms with Gasteiger partial charge in [0.1, 0.15) is 18.6 Å². The molecule has 2 atom stereocenters. The monoisotopic (exact) mass is 280 g/mol. The van der Waals surface area contributed by atoms with Gasteiger partial charge < -0.3 is 10.2 Å². The van der Waals surface area contributed by atoms with E-state index >= 15 is 0 Å². The van der Waals surface area contributed by atoms with Crippen molar-refractivity contribution in [3.63, 3.8) is 0 Å². The summed E-state index contributed by atoms with van der Waals surface area (Å²) < 4.78 is 37.8. The van der Waals surface area contributed by atoms with E-state index in [1.807, 2.05) is 0 Å². The van der Waals surface area contributed by atoms with Crippen LogP contribution in [0.4, 0.5) is 13.2 Å². The minimum atomic E-state index is -4.52. The molecule has 2 amide bonds. The molecular weight excluding hydrogens is 261 g/mol. The SMILES string of the molecule is CCC1NC(=O)C(C(C)(C)C)N(CC(F)(F)F)C1=O. The van der Waals surface area contributed by atoms with Gasteiger partial charge in [0, 0.05) is 0 Å². The smallest absolute Gasteiger partial charge is 0.342 e. The van der Waals surface area contributed by atoms with Crippen molar-refractivity contribution < 1.29 is 22.8 Å². The molecule has 7 heteroatoms. The van der Waals surface area contributed by atoms with E-state index in [9.17, 15) is 22.8 Å². The highest BCUT2D eigenvalue weighted by Gasteiger charge is 2.49. The summed E-state index contributed by atoms with van der Waals surface area (Å²) in [6.45, 7) is 5.17. The maximum absolute atomic E-state index is 12.6. The molecule has 0 saturated carbocycles. The zero-order valence-corrected chi connectivity index (χ0v) is 11.5. The summed E-state index contributed by atoms with van der Waals surface area (Å²) in [7, 11) is 0. The van der Waals surface area contributed by atoms with Crippen LogP contribution in [0.2, 0.25) is 0 Å². The Labute approximate surface area is 110 Å². The molecule has 1 fully saturated rings. The number of halogens is 3. The Morgan fingerprint density at radius 2 is 1.74 bits per heavy atom. The van der Waals surface area contributed by atoms with Crippen molar-refractivity contribution in [1.82, 2.24) is 10.2 Å². The Kier molecular flexibility index (Phi) is 4.17. The summed E-state index contributed by atoms with van der Waals surface area (Å²) in [6, 6.07) is -1.97. The Bertz CT molecular complexity index is 374. The molecule has 19 heavy (non-hydrogen) atoms. The van der Waals surface area contributed by atoms with Crippen molar-refractivity contribution in [2.75, 3.05) is 6.54 Å². The molecule has 1 rings (SSSR count). The molecule has 0 bridgehead atoms. The van der Waals surface area contributed by atoms with Gasteiger partial charge in [0.25, 0.3) is 0 Å². The molecule has 1 aliphatic rings. The number of amides is 2. The van der Waals surface area contributed by atoms with E-state index in [-0.39, 0.29) is 6.42 Å². The molecule has 0 aromatic rings. The molecule has 1 heterocycles. The molecule has 0 aliphatic carbocycles. The van der Waals surface area contributed by atoms with Gasteiger partial charge in [-0.05, 0) is 11.8 Å². The highest BCUT2D eigenvalue weighted by molar-refractivity contribution is 5.97. The van der Waals surface area contributed by atoms with E-state index in [1.54, 1.807) is 27.7 Å². The second-order valence-corrected chi connectivity index (χ2v) is 5.82. The first-order chi connectivity index (χ1) is 8.47. The zero-order valence-electron chi connectivity index (χ0n) is 11.5. The number of hydrogen-bond acceptors (Lipinski definition) is 2. The average Bonchev–Trinajstić information content (AvgIpc) is 2.18. The van der Waals surface area contributed by atoms with Crippen LogP contribution in [0, 0.1) is 5.41 Å². The zero-order chi connectivity index (χ0) is 15.0. The summed E-state index contributed by atoms with van der Waals surface area (Å²) >= 11 is 0. The number of alkyl halides is 3. The minimum absolute atomic E-state index is 0.274. The van der Waals surface area contributed by atoms with Crippen molar-refractivity contribution in [2.24, 2.45) is 5.41 Å². The normalized spacial score (nSPS) is 25.5. The van der Waals surface area contributed by atoms with Gasteiger partial charge in [-0.3, -0.25) is 9.59 Å². The van der Waals surface area contributed by atoms with Crippen LogP contribution in [0.25, 0.3) is 0 Å². The Hall–Kier alpha value is -1.27. The van der Waals surface area contributed by atoms with Gasteiger partial charge in [-0.1, -0.05) is 27.7 Å². The third kappa shape index (κ3) is 3.61. The van der Waals surface area contributed by atoms with E-state index < -0.39 is 42.0 Å². The quantitative estimate of drug-likeness (QED) is 0.837. The van der Waals surface area contributed by atoms with Crippen LogP contribution in [0.5, 0.6) is 0 Å². The van der Waals surface area contributed by atoms with Gasteiger partial charge in [0.2, 0.25) is 11.8 Å². The van der Waals surface area contributed by atoms with E-state index in [0.29, 0.717) is 4.90 Å². The van der Waals surface area contributed by atoms with E-state index in [1.165, 1.54) is 0 Å². The van der Waals surface area contributed by atoms with Gasteiger partial charge >= 0.3 is 6.18 Å². The summed E-state index contributed by atoms with van der Waals surface area (Å²) in [4.78, 5) is 24.7. The van der Waals surface area contributed by atoms with Crippen molar-refractivity contribution >= 4 is 11.8 Å². The van der Waals surface area contributed by atoms with Crippen LogP contribution in [-0.2, 0) is 9.59 Å². The van der Waals surface area contributed by atoms with Crippen molar-refractivity contribution in [3.05, 3.63) is 0 Å². The molecule has 0 spiro atoms. The second-order valence-electron chi connectivity index (χ2n) is 5.82. The number of piperazine rings is 1. The Balaban J connectivity index is 3.12. The second kappa shape index (κ2) is 5.02. The van der Waals surface area contributed by atoms with Gasteiger partial charge in [0.05, 0.1) is 0 Å². The maximum atomic E-state index is 12.6. The number of carbonyl (C=O) groups excluding carboxylic acids is 2. The predicted molar refractivity (Wildman–Crippen MR) is 63.2 cm³/mol. The van der Waals surface area contributed by atoms with Crippen LogP contribution >= 0.6 is 0 Å². The third-order valence-corrected chi connectivity index (χ3v) is 3.04. The molecule has 0 aromatic heterocycles. The summed E-state index contributed by atoms with van der Waals surface area (Å²) in [5, 5.41) is 2.49. The fraction of sp³-hybridized carbons (Fsp3) is 0.833. The molecule has 1 aliphatic heterocycles. The van der Waals surface area contributed by atoms with Gasteiger partial charge in [-0.2, -0.15) is 13.2 Å². The largest absolute Gasteiger partial charge is 0.406 e. The van der Waals surface area contributed by atoms with E-state index in [4.69, 9.17) is 0 Å². The third-order valence-electron chi connectivity index (χ3n) is 3.04. The van der Waals surface area contributed by atoms with Gasteiger partial charge in [-0.15, -0.1) is 0 Å². The molecule has 0 aromatic carbocycles. The standard InChI is InChI=1S/C12H19F3N2O2/c1-5-7-10(19)17(6-12(13,14)15)8(9(18)16-7)11(2,3)4/h7-8H,5-6H2,1-4H3,(H,16,18). The van der Waals surface area contributed by atoms with Gasteiger partial charge in [0.15, 0.2) is 0 Å². The lowest BCUT2D eigenvalue weighted by molar-refractivity contribution is -0.179. The summed E-state index contributed by atoms with van der Waals surface area (Å²) in [6.07, 6.45) is -4.25. The lowest BCUT2D eigenvalue weighted by Crippen LogP contribution is -2.67. The van der Waals surface area contributed by atoms with Crippen LogP contribution in [0.15, 0.2) is 0 Å². The predicted octanol–water partition coefficient (Wildman–Crippen LogP) is 1.70. The van der Waals surface area contributed by atoms with Crippen LogP contribution < -0.4 is 5.32 Å². The van der Waals surface area contributed by atoms with E-state index in [2.05, 4.69) is 5.32 Å². The Morgan fingerprint density at radius 3 is 2.11 bits per heavy atom. The summed E-state index contributed by atoms with van der Waals surface area (Å²) in [5.41, 5.74) is -0.760. The molecule has 2 unspecified atom stereocenters. The number of carbonyl (C=O) groups is 2. The topological polar surface area (TPSA) is 49.4 Å². The molecule has 110 valence electrons. The van der Waals surface area contributed by atoms with Crippen LogP contribution in [0.3, 0.4) is 0 Å². The fourth-order valence-electron chi connectivity index (χ4n) is 2.28. The highest BCUT2D eigenvalue weighted by atomic mass is 19.4. The van der Waals surface area contributed by atoms with Crippen molar-refractivity contribution in [1.29, 1.82) is 0 Å².